The molecule has 2 fully saturated rings. The van der Waals surface area contributed by atoms with Crippen LogP contribution in [-0.2, 0) is 11.3 Å². The van der Waals surface area contributed by atoms with Crippen molar-refractivity contribution in [3.05, 3.63) is 35.9 Å². The third kappa shape index (κ3) is 7.38. The molecule has 0 radical (unpaired) electrons. The second-order valence-electron chi connectivity index (χ2n) is 8.75. The molecule has 2 aliphatic rings. The van der Waals surface area contributed by atoms with Crippen LogP contribution >= 0.6 is 24.0 Å². The molecule has 2 N–H and O–H groups in total. The maximum absolute atomic E-state index is 6.12. The summed E-state index contributed by atoms with van der Waals surface area (Å²) in [5, 5.41) is 6.98. The third-order valence-corrected chi connectivity index (χ3v) is 5.31. The van der Waals surface area contributed by atoms with Crippen LogP contribution in [0.5, 0.6) is 0 Å². The Kier molecular flexibility index (Phi) is 9.65. The lowest BCUT2D eigenvalue weighted by Gasteiger charge is -2.36. The smallest absolute Gasteiger partial charge is 0.194 e. The lowest BCUT2D eigenvalue weighted by atomic mass is 10.1. The zero-order valence-electron chi connectivity index (χ0n) is 18.4. The van der Waals surface area contributed by atoms with E-state index in [0.29, 0.717) is 6.04 Å². The second-order valence-corrected chi connectivity index (χ2v) is 8.75. The molecule has 2 heterocycles. The van der Waals surface area contributed by atoms with Gasteiger partial charge in [-0.1, -0.05) is 30.3 Å². The van der Waals surface area contributed by atoms with Crippen molar-refractivity contribution >= 4 is 29.9 Å². The van der Waals surface area contributed by atoms with Gasteiger partial charge in [-0.3, -0.25) is 9.89 Å². The third-order valence-electron chi connectivity index (χ3n) is 5.31. The summed E-state index contributed by atoms with van der Waals surface area (Å²) in [6.45, 7) is 15.9. The number of likely N-dealkylation sites (tertiary alicyclic amines) is 1. The van der Waals surface area contributed by atoms with Crippen molar-refractivity contribution < 1.29 is 4.74 Å². The Hall–Kier alpha value is -0.900. The average Bonchev–Trinajstić information content (AvgIpc) is 3.09. The molecule has 0 amide bonds. The van der Waals surface area contributed by atoms with Crippen LogP contribution in [-0.4, -0.2) is 79.3 Å². The molecule has 0 aromatic heterocycles. The summed E-state index contributed by atoms with van der Waals surface area (Å²) < 4.78 is 6.12. The van der Waals surface area contributed by atoms with Crippen molar-refractivity contribution in [1.29, 1.82) is 0 Å². The topological polar surface area (TPSA) is 52.1 Å². The van der Waals surface area contributed by atoms with E-state index in [1.807, 2.05) is 0 Å². The number of benzene rings is 1. The summed E-state index contributed by atoms with van der Waals surface area (Å²) in [5.41, 5.74) is 1.50. The number of guanidine groups is 1. The van der Waals surface area contributed by atoms with Crippen molar-refractivity contribution in [3.63, 3.8) is 0 Å². The van der Waals surface area contributed by atoms with Crippen molar-refractivity contribution in [2.24, 2.45) is 4.99 Å². The molecule has 1 aromatic carbocycles. The Morgan fingerprint density at radius 1 is 1.21 bits per heavy atom. The van der Waals surface area contributed by atoms with E-state index in [1.54, 1.807) is 0 Å². The van der Waals surface area contributed by atoms with Gasteiger partial charge < -0.3 is 20.3 Å². The number of rotatable bonds is 6. The molecular weight excluding hydrogens is 477 g/mol. The van der Waals surface area contributed by atoms with Crippen LogP contribution in [0.15, 0.2) is 35.3 Å². The summed E-state index contributed by atoms with van der Waals surface area (Å²) in [6.07, 6.45) is 0.258. The molecule has 164 valence electrons. The van der Waals surface area contributed by atoms with Crippen LogP contribution in [0.3, 0.4) is 0 Å². The van der Waals surface area contributed by atoms with Crippen molar-refractivity contribution in [2.45, 2.75) is 51.9 Å². The summed E-state index contributed by atoms with van der Waals surface area (Å²) in [4.78, 5) is 9.81. The van der Waals surface area contributed by atoms with Crippen LogP contribution in [0.25, 0.3) is 0 Å². The Morgan fingerprint density at radius 2 is 1.97 bits per heavy atom. The van der Waals surface area contributed by atoms with Gasteiger partial charge in [-0.05, 0) is 33.3 Å². The van der Waals surface area contributed by atoms with Crippen molar-refractivity contribution in [2.75, 3.05) is 45.9 Å². The predicted octanol–water partition coefficient (Wildman–Crippen LogP) is 2.54. The molecular formula is C22H38IN5O. The summed E-state index contributed by atoms with van der Waals surface area (Å²) >= 11 is 0. The Morgan fingerprint density at radius 3 is 2.66 bits per heavy atom. The summed E-state index contributed by atoms with van der Waals surface area (Å²) in [7, 11) is 0. The highest BCUT2D eigenvalue weighted by Crippen LogP contribution is 2.24. The molecule has 2 aliphatic heterocycles. The van der Waals surface area contributed by atoms with Crippen LogP contribution in [0, 0.1) is 0 Å². The highest BCUT2D eigenvalue weighted by molar-refractivity contribution is 14.0. The van der Waals surface area contributed by atoms with Gasteiger partial charge in [0.2, 0.25) is 0 Å². The molecule has 0 aliphatic carbocycles. The fourth-order valence-corrected chi connectivity index (χ4v) is 3.96. The molecule has 0 spiro atoms. The molecule has 6 nitrogen and oxygen atoms in total. The van der Waals surface area contributed by atoms with Gasteiger partial charge in [-0.25, -0.2) is 0 Å². The van der Waals surface area contributed by atoms with Gasteiger partial charge in [-0.2, -0.15) is 0 Å². The molecule has 29 heavy (non-hydrogen) atoms. The quantitative estimate of drug-likeness (QED) is 0.264. The molecule has 2 saturated heterocycles. The fourth-order valence-electron chi connectivity index (χ4n) is 3.96. The van der Waals surface area contributed by atoms with Crippen molar-refractivity contribution in [3.8, 4) is 0 Å². The largest absolute Gasteiger partial charge is 0.373 e. The maximum Gasteiger partial charge on any atom is 0.194 e. The van der Waals surface area contributed by atoms with Gasteiger partial charge >= 0.3 is 0 Å². The standard InChI is InChI=1S/C22H37N5O.HI/c1-5-23-21(24-11-12-25-22(2,3)4)27-16-19-20(17-27)28-14-13-26(19)15-18-9-7-6-8-10-18;/h6-10,19-20,25H,5,11-17H2,1-4H3,(H,23,24);1H. The molecule has 1 aromatic rings. The average molecular weight is 515 g/mol. The van der Waals surface area contributed by atoms with E-state index in [1.165, 1.54) is 5.56 Å². The second kappa shape index (κ2) is 11.5. The minimum Gasteiger partial charge on any atom is -0.373 e. The Balaban J connectivity index is 0.00000300. The summed E-state index contributed by atoms with van der Waals surface area (Å²) in [6, 6.07) is 11.2. The van der Waals surface area contributed by atoms with E-state index < -0.39 is 0 Å². The number of nitrogens with zero attached hydrogens (tertiary/aromatic N) is 3. The van der Waals surface area contributed by atoms with Crippen LogP contribution in [0.1, 0.15) is 33.3 Å². The highest BCUT2D eigenvalue weighted by Gasteiger charge is 2.41. The Labute approximate surface area is 193 Å². The van der Waals surface area contributed by atoms with Crippen LogP contribution in [0.4, 0.5) is 0 Å². The molecule has 0 bridgehead atoms. The lowest BCUT2D eigenvalue weighted by Crippen LogP contribution is -2.50. The lowest BCUT2D eigenvalue weighted by molar-refractivity contribution is -0.0502. The van der Waals surface area contributed by atoms with E-state index in [4.69, 9.17) is 9.73 Å². The minimum absolute atomic E-state index is 0. The van der Waals surface area contributed by atoms with Gasteiger partial charge in [-0.15, -0.1) is 24.0 Å². The van der Waals surface area contributed by atoms with Gasteiger partial charge in [0.1, 0.15) is 0 Å². The van der Waals surface area contributed by atoms with Crippen LogP contribution < -0.4 is 10.6 Å². The molecule has 2 unspecified atom stereocenters. The fraction of sp³-hybridized carbons (Fsp3) is 0.682. The number of aliphatic imine (C=N–C) groups is 1. The summed E-state index contributed by atoms with van der Waals surface area (Å²) in [5.74, 6) is 1.01. The van der Waals surface area contributed by atoms with E-state index in [-0.39, 0.29) is 35.6 Å². The van der Waals surface area contributed by atoms with Gasteiger partial charge in [0.05, 0.1) is 25.3 Å². The van der Waals surface area contributed by atoms with Crippen LogP contribution in [0.2, 0.25) is 0 Å². The number of morpholine rings is 1. The van der Waals surface area contributed by atoms with E-state index >= 15 is 0 Å². The number of fused-ring (bicyclic) bond motifs is 1. The van der Waals surface area contributed by atoms with E-state index in [2.05, 4.69) is 78.5 Å². The van der Waals surface area contributed by atoms with Gasteiger partial charge in [0, 0.05) is 44.8 Å². The number of nitrogens with one attached hydrogen (secondary N) is 2. The maximum atomic E-state index is 6.12. The SMILES string of the molecule is CCNC(=NCCNC(C)(C)C)N1CC2OCCN(Cc3ccccc3)C2C1.I. The first-order valence-electron chi connectivity index (χ1n) is 10.6. The number of hydrogen-bond donors (Lipinski definition) is 2. The van der Waals surface area contributed by atoms with Crippen molar-refractivity contribution in [1.82, 2.24) is 20.4 Å². The molecule has 7 heteroatoms. The normalized spacial score (nSPS) is 22.9. The Bertz CT molecular complexity index is 634. The minimum atomic E-state index is 0. The molecule has 2 atom stereocenters. The first-order valence-corrected chi connectivity index (χ1v) is 10.6. The number of hydrogen-bond acceptors (Lipinski definition) is 4. The van der Waals surface area contributed by atoms with Gasteiger partial charge in [0.25, 0.3) is 0 Å². The molecule has 3 rings (SSSR count). The number of halogens is 1. The van der Waals surface area contributed by atoms with E-state index in [9.17, 15) is 0 Å². The predicted molar refractivity (Wildman–Crippen MR) is 131 cm³/mol. The monoisotopic (exact) mass is 515 g/mol. The number of ether oxygens (including phenoxy) is 1. The van der Waals surface area contributed by atoms with Gasteiger partial charge in [0.15, 0.2) is 5.96 Å². The zero-order valence-corrected chi connectivity index (χ0v) is 20.7. The van der Waals surface area contributed by atoms with E-state index in [0.717, 1.165) is 58.4 Å². The zero-order chi connectivity index (χ0) is 20.0. The first-order chi connectivity index (χ1) is 13.5. The first kappa shape index (κ1) is 24.4. The highest BCUT2D eigenvalue weighted by atomic mass is 127. The molecule has 0 saturated carbocycles.